The molecule has 1 atom stereocenters. The fourth-order valence-electron chi connectivity index (χ4n) is 3.12. The number of anilines is 1. The number of nitrogens with two attached hydrogens (primary N) is 1. The van der Waals surface area contributed by atoms with Crippen LogP contribution in [-0.2, 0) is 15.1 Å². The van der Waals surface area contributed by atoms with Crippen LogP contribution in [0.5, 0.6) is 0 Å². The molecule has 4 N–H and O–H groups in total. The molecule has 3 rings (SSSR count). The van der Waals surface area contributed by atoms with Crippen LogP contribution in [0.1, 0.15) is 29.3 Å². The van der Waals surface area contributed by atoms with Crippen molar-refractivity contribution in [3.63, 3.8) is 0 Å². The van der Waals surface area contributed by atoms with Crippen LogP contribution in [0.15, 0.2) is 42.5 Å². The van der Waals surface area contributed by atoms with E-state index in [1.165, 1.54) is 31.2 Å². The van der Waals surface area contributed by atoms with E-state index in [4.69, 9.17) is 5.73 Å². The third-order valence-electron chi connectivity index (χ3n) is 4.76. The smallest absolute Gasteiger partial charge is 0.325 e. The molecular formula is C20H18F2N4O4. The molecule has 1 aliphatic rings. The van der Waals surface area contributed by atoms with Gasteiger partial charge in [-0.2, -0.15) is 0 Å². The fraction of sp³-hybridized carbons (Fsp3) is 0.200. The summed E-state index contributed by atoms with van der Waals surface area (Å²) in [4.78, 5) is 49.0. The molecule has 5 amide bonds. The Hall–Kier alpha value is -3.82. The van der Waals surface area contributed by atoms with Crippen molar-refractivity contribution in [3.8, 4) is 0 Å². The number of primary amides is 1. The fourth-order valence-corrected chi connectivity index (χ4v) is 3.12. The number of halogens is 2. The Bertz CT molecular complexity index is 1040. The van der Waals surface area contributed by atoms with Crippen molar-refractivity contribution in [1.29, 1.82) is 0 Å². The Morgan fingerprint density at radius 3 is 2.43 bits per heavy atom. The van der Waals surface area contributed by atoms with E-state index in [1.807, 2.05) is 0 Å². The molecule has 1 heterocycles. The second kappa shape index (κ2) is 7.90. The van der Waals surface area contributed by atoms with Crippen LogP contribution < -0.4 is 16.4 Å². The predicted molar refractivity (Wildman–Crippen MR) is 102 cm³/mol. The van der Waals surface area contributed by atoms with E-state index >= 15 is 0 Å². The maximum Gasteiger partial charge on any atom is 0.325 e. The van der Waals surface area contributed by atoms with E-state index in [1.54, 1.807) is 0 Å². The maximum atomic E-state index is 14.1. The Morgan fingerprint density at radius 2 is 1.80 bits per heavy atom. The van der Waals surface area contributed by atoms with Gasteiger partial charge in [-0.1, -0.05) is 0 Å². The van der Waals surface area contributed by atoms with Crippen LogP contribution in [0.3, 0.4) is 0 Å². The zero-order chi connectivity index (χ0) is 22.1. The van der Waals surface area contributed by atoms with E-state index in [2.05, 4.69) is 10.6 Å². The molecule has 8 nitrogen and oxygen atoms in total. The lowest BCUT2D eigenvalue weighted by Gasteiger charge is -2.22. The van der Waals surface area contributed by atoms with Crippen molar-refractivity contribution in [2.75, 3.05) is 11.9 Å². The SMILES string of the molecule is CC1(c2cc(F)ccc2F)NC(=O)N(CCC(=O)Nc2ccc(C(N)=O)cc2)C1=O. The average molecular weight is 416 g/mol. The molecule has 0 spiro atoms. The van der Waals surface area contributed by atoms with Gasteiger partial charge in [-0.3, -0.25) is 19.3 Å². The third-order valence-corrected chi connectivity index (χ3v) is 4.76. The van der Waals surface area contributed by atoms with Gasteiger partial charge in [-0.05, 0) is 49.4 Å². The van der Waals surface area contributed by atoms with Gasteiger partial charge in [0, 0.05) is 29.8 Å². The molecule has 0 aliphatic carbocycles. The van der Waals surface area contributed by atoms with Gasteiger partial charge < -0.3 is 16.4 Å². The minimum absolute atomic E-state index is 0.224. The highest BCUT2D eigenvalue weighted by Gasteiger charge is 2.50. The molecule has 0 radical (unpaired) electrons. The Labute approximate surface area is 170 Å². The van der Waals surface area contributed by atoms with Gasteiger partial charge in [-0.15, -0.1) is 0 Å². The van der Waals surface area contributed by atoms with E-state index in [9.17, 15) is 28.0 Å². The lowest BCUT2D eigenvalue weighted by molar-refractivity contribution is -0.131. The molecule has 2 aromatic carbocycles. The van der Waals surface area contributed by atoms with Crippen LogP contribution in [0.25, 0.3) is 0 Å². The first-order chi connectivity index (χ1) is 14.1. The van der Waals surface area contributed by atoms with Crippen LogP contribution in [0, 0.1) is 11.6 Å². The van der Waals surface area contributed by atoms with E-state index in [0.29, 0.717) is 5.69 Å². The molecule has 0 saturated carbocycles. The number of urea groups is 1. The Balaban J connectivity index is 1.66. The largest absolute Gasteiger partial charge is 0.366 e. The number of hydrogen-bond acceptors (Lipinski definition) is 4. The minimum atomic E-state index is -1.79. The number of nitrogens with one attached hydrogen (secondary N) is 2. The van der Waals surface area contributed by atoms with Crippen LogP contribution in [0.2, 0.25) is 0 Å². The molecular weight excluding hydrogens is 398 g/mol. The number of imide groups is 1. The molecule has 0 aromatic heterocycles. The summed E-state index contributed by atoms with van der Waals surface area (Å²) in [7, 11) is 0. The van der Waals surface area contributed by atoms with Crippen molar-refractivity contribution in [2.45, 2.75) is 18.9 Å². The second-order valence-corrected chi connectivity index (χ2v) is 6.88. The third kappa shape index (κ3) is 3.97. The molecule has 156 valence electrons. The Morgan fingerprint density at radius 1 is 1.13 bits per heavy atom. The highest BCUT2D eigenvalue weighted by Crippen LogP contribution is 2.31. The van der Waals surface area contributed by atoms with Gasteiger partial charge in [0.25, 0.3) is 5.91 Å². The van der Waals surface area contributed by atoms with E-state index in [0.717, 1.165) is 23.1 Å². The lowest BCUT2D eigenvalue weighted by atomic mass is 9.91. The number of benzene rings is 2. The van der Waals surface area contributed by atoms with Crippen molar-refractivity contribution >= 4 is 29.4 Å². The summed E-state index contributed by atoms with van der Waals surface area (Å²) >= 11 is 0. The monoisotopic (exact) mass is 416 g/mol. The van der Waals surface area contributed by atoms with Crippen molar-refractivity contribution in [2.24, 2.45) is 5.73 Å². The molecule has 0 bridgehead atoms. The summed E-state index contributed by atoms with van der Waals surface area (Å²) in [6.07, 6.45) is -0.224. The van der Waals surface area contributed by atoms with E-state index < -0.39 is 40.9 Å². The van der Waals surface area contributed by atoms with Gasteiger partial charge in [0.2, 0.25) is 11.8 Å². The number of hydrogen-bond donors (Lipinski definition) is 3. The van der Waals surface area contributed by atoms with Crippen LogP contribution in [0.4, 0.5) is 19.3 Å². The summed E-state index contributed by atoms with van der Waals surface area (Å²) in [5.41, 5.74) is 3.72. The number of nitrogens with zero attached hydrogens (tertiary/aromatic N) is 1. The van der Waals surface area contributed by atoms with Crippen molar-refractivity contribution in [1.82, 2.24) is 10.2 Å². The molecule has 1 aliphatic heterocycles. The van der Waals surface area contributed by atoms with Gasteiger partial charge in [0.15, 0.2) is 0 Å². The molecule has 10 heteroatoms. The number of amides is 5. The molecule has 1 unspecified atom stereocenters. The number of carbonyl (C=O) groups excluding carboxylic acids is 4. The van der Waals surface area contributed by atoms with Crippen LogP contribution >= 0.6 is 0 Å². The zero-order valence-electron chi connectivity index (χ0n) is 15.9. The van der Waals surface area contributed by atoms with Gasteiger partial charge >= 0.3 is 6.03 Å². The summed E-state index contributed by atoms with van der Waals surface area (Å²) < 4.78 is 27.7. The highest BCUT2D eigenvalue weighted by atomic mass is 19.1. The van der Waals surface area contributed by atoms with Gasteiger partial charge in [0.05, 0.1) is 0 Å². The summed E-state index contributed by atoms with van der Waals surface area (Å²) in [5.74, 6) is -3.49. The quantitative estimate of drug-likeness (QED) is 0.622. The average Bonchev–Trinajstić information content (AvgIpc) is 2.91. The van der Waals surface area contributed by atoms with Crippen molar-refractivity contribution in [3.05, 3.63) is 65.2 Å². The lowest BCUT2D eigenvalue weighted by Crippen LogP contribution is -2.42. The first-order valence-electron chi connectivity index (χ1n) is 8.91. The van der Waals surface area contributed by atoms with Crippen molar-refractivity contribution < 1.29 is 28.0 Å². The van der Waals surface area contributed by atoms with Gasteiger partial charge in [0.1, 0.15) is 17.2 Å². The number of carbonyl (C=O) groups is 4. The van der Waals surface area contributed by atoms with Gasteiger partial charge in [-0.25, -0.2) is 13.6 Å². The molecule has 1 saturated heterocycles. The standard InChI is InChI=1S/C20H18F2N4O4/c1-20(14-10-12(21)4-7-15(14)22)18(29)26(19(30)25-20)9-8-16(27)24-13-5-2-11(3-6-13)17(23)28/h2-7,10H,8-9H2,1H3,(H2,23,28)(H,24,27)(H,25,30). The normalized spacial score (nSPS) is 18.3. The van der Waals surface area contributed by atoms with E-state index in [-0.39, 0.29) is 24.1 Å². The zero-order valence-corrected chi connectivity index (χ0v) is 15.9. The number of rotatable bonds is 6. The highest BCUT2D eigenvalue weighted by molar-refractivity contribution is 6.07. The first kappa shape index (κ1) is 20.9. The predicted octanol–water partition coefficient (Wildman–Crippen LogP) is 1.86. The molecule has 2 aromatic rings. The summed E-state index contributed by atoms with van der Waals surface area (Å²) in [5, 5.41) is 4.92. The molecule has 30 heavy (non-hydrogen) atoms. The topological polar surface area (TPSA) is 122 Å². The van der Waals surface area contributed by atoms with Crippen LogP contribution in [-0.4, -0.2) is 35.2 Å². The second-order valence-electron chi connectivity index (χ2n) is 6.88. The summed E-state index contributed by atoms with van der Waals surface area (Å²) in [6.45, 7) is 1.01. The minimum Gasteiger partial charge on any atom is -0.366 e. The maximum absolute atomic E-state index is 14.1. The Kier molecular flexibility index (Phi) is 5.50. The first-order valence-corrected chi connectivity index (χ1v) is 8.91. The summed E-state index contributed by atoms with van der Waals surface area (Å²) in [6, 6.07) is 7.65. The molecule has 1 fully saturated rings.